The molecule has 1 amide bonds. The fourth-order valence-corrected chi connectivity index (χ4v) is 6.20. The summed E-state index contributed by atoms with van der Waals surface area (Å²) in [6, 6.07) is 9.48. The van der Waals surface area contributed by atoms with Crippen molar-refractivity contribution in [1.82, 2.24) is 9.97 Å². The van der Waals surface area contributed by atoms with Crippen molar-refractivity contribution in [3.63, 3.8) is 0 Å². The van der Waals surface area contributed by atoms with Gasteiger partial charge in [-0.2, -0.15) is 4.98 Å². The van der Waals surface area contributed by atoms with Crippen LogP contribution in [0.25, 0.3) is 0 Å². The topological polar surface area (TPSA) is 120 Å². The summed E-state index contributed by atoms with van der Waals surface area (Å²) in [6.07, 6.45) is 4.63. The van der Waals surface area contributed by atoms with Crippen LogP contribution in [0, 0.1) is 11.6 Å². The first kappa shape index (κ1) is 25.3. The van der Waals surface area contributed by atoms with Crippen LogP contribution in [-0.4, -0.2) is 55.7 Å². The maximum Gasteiger partial charge on any atom is 0.247 e. The summed E-state index contributed by atoms with van der Waals surface area (Å²) >= 11 is 0. The van der Waals surface area contributed by atoms with Gasteiger partial charge in [0, 0.05) is 36.1 Å². The van der Waals surface area contributed by atoms with E-state index in [9.17, 15) is 22.0 Å². The maximum absolute atomic E-state index is 14.6. The Hall–Kier alpha value is -4.00. The van der Waals surface area contributed by atoms with E-state index < -0.39 is 27.7 Å². The monoisotopic (exact) mass is 555 g/mol. The summed E-state index contributed by atoms with van der Waals surface area (Å²) in [4.78, 5) is 26.0. The third-order valence-electron chi connectivity index (χ3n) is 7.28. The van der Waals surface area contributed by atoms with Crippen molar-refractivity contribution in [3.05, 3.63) is 65.9 Å². The van der Waals surface area contributed by atoms with Gasteiger partial charge in [0.1, 0.15) is 23.4 Å². The molecule has 0 spiro atoms. The van der Waals surface area contributed by atoms with E-state index >= 15 is 0 Å². The number of nitrogens with one attached hydrogen (secondary N) is 3. The van der Waals surface area contributed by atoms with Crippen LogP contribution in [0.15, 0.2) is 48.7 Å². The van der Waals surface area contributed by atoms with Gasteiger partial charge in [-0.25, -0.2) is 22.2 Å². The van der Waals surface area contributed by atoms with Crippen molar-refractivity contribution in [2.45, 2.75) is 37.4 Å². The smallest absolute Gasteiger partial charge is 0.247 e. The van der Waals surface area contributed by atoms with E-state index in [1.807, 2.05) is 9.80 Å². The van der Waals surface area contributed by atoms with E-state index in [1.54, 1.807) is 30.5 Å². The molecular weight excluding hydrogens is 528 g/mol. The number of fused-ring (bicyclic) bond motifs is 3. The SMILES string of the molecule is CS(=O)(=O)Nc1ccc(N[C@H]2C[C@H]3C(=O)Nc4cnc(N5CCC[C@@H]5c5cc(F)ccc5F)nc4N3C2)cc1. The number of carbonyl (C=O) groups is 1. The summed E-state index contributed by atoms with van der Waals surface area (Å²) in [6.45, 7) is 1.11. The highest BCUT2D eigenvalue weighted by atomic mass is 32.2. The number of halogens is 2. The predicted molar refractivity (Wildman–Crippen MR) is 144 cm³/mol. The zero-order chi connectivity index (χ0) is 27.3. The molecule has 2 aromatic carbocycles. The van der Waals surface area contributed by atoms with Crippen molar-refractivity contribution >= 4 is 44.8 Å². The fourth-order valence-electron chi connectivity index (χ4n) is 5.63. The Bertz CT molecular complexity index is 1540. The normalized spacial score (nSPS) is 22.3. The lowest BCUT2D eigenvalue weighted by atomic mass is 10.0. The van der Waals surface area contributed by atoms with E-state index in [-0.39, 0.29) is 23.6 Å². The van der Waals surface area contributed by atoms with E-state index in [4.69, 9.17) is 4.98 Å². The molecule has 2 saturated heterocycles. The van der Waals surface area contributed by atoms with Crippen molar-refractivity contribution in [1.29, 1.82) is 0 Å². The Morgan fingerprint density at radius 1 is 1.05 bits per heavy atom. The lowest BCUT2D eigenvalue weighted by Gasteiger charge is -2.33. The Morgan fingerprint density at radius 2 is 1.82 bits per heavy atom. The van der Waals surface area contributed by atoms with E-state index in [0.29, 0.717) is 49.1 Å². The Morgan fingerprint density at radius 3 is 2.59 bits per heavy atom. The molecule has 3 aliphatic rings. The second-order valence-corrected chi connectivity index (χ2v) is 11.9. The van der Waals surface area contributed by atoms with Crippen LogP contribution >= 0.6 is 0 Å². The minimum atomic E-state index is -3.37. The minimum absolute atomic E-state index is 0.0697. The summed E-state index contributed by atoms with van der Waals surface area (Å²) in [5.74, 6) is -0.108. The van der Waals surface area contributed by atoms with Crippen molar-refractivity contribution in [3.8, 4) is 0 Å². The first-order valence-corrected chi connectivity index (χ1v) is 14.5. The second kappa shape index (κ2) is 9.63. The third kappa shape index (κ3) is 5.05. The quantitative estimate of drug-likeness (QED) is 0.423. The van der Waals surface area contributed by atoms with Gasteiger partial charge >= 0.3 is 0 Å². The molecule has 0 radical (unpaired) electrons. The summed E-state index contributed by atoms with van der Waals surface area (Å²) < 4.78 is 53.8. The van der Waals surface area contributed by atoms with Crippen LogP contribution in [0.2, 0.25) is 0 Å². The highest BCUT2D eigenvalue weighted by Gasteiger charge is 2.43. The molecule has 0 bridgehead atoms. The lowest BCUT2D eigenvalue weighted by molar-refractivity contribution is -0.117. The number of benzene rings is 2. The molecule has 3 aromatic rings. The minimum Gasteiger partial charge on any atom is -0.380 e. The molecule has 1 aromatic heterocycles. The Balaban J connectivity index is 1.22. The van der Waals surface area contributed by atoms with Gasteiger partial charge in [-0.05, 0) is 61.7 Å². The van der Waals surface area contributed by atoms with Crippen molar-refractivity contribution in [2.24, 2.45) is 0 Å². The van der Waals surface area contributed by atoms with Gasteiger partial charge in [0.15, 0.2) is 5.82 Å². The molecule has 3 N–H and O–H groups in total. The zero-order valence-corrected chi connectivity index (χ0v) is 21.9. The highest BCUT2D eigenvalue weighted by molar-refractivity contribution is 7.92. The number of carbonyl (C=O) groups excluding carboxylic acids is 1. The van der Waals surface area contributed by atoms with Crippen molar-refractivity contribution < 1.29 is 22.0 Å². The number of hydrogen-bond donors (Lipinski definition) is 3. The molecule has 4 heterocycles. The number of aromatic nitrogens is 2. The fraction of sp³-hybridized carbons (Fsp3) is 0.346. The van der Waals surface area contributed by atoms with Gasteiger partial charge in [0.05, 0.1) is 18.5 Å². The highest BCUT2D eigenvalue weighted by Crippen LogP contribution is 2.40. The Kier molecular flexibility index (Phi) is 6.25. The molecule has 13 heteroatoms. The van der Waals surface area contributed by atoms with Gasteiger partial charge in [-0.1, -0.05) is 0 Å². The van der Waals surface area contributed by atoms with Crippen molar-refractivity contribution in [2.75, 3.05) is 44.5 Å². The molecule has 0 saturated carbocycles. The number of rotatable bonds is 6. The molecule has 2 fully saturated rings. The second-order valence-electron chi connectivity index (χ2n) is 10.1. The van der Waals surface area contributed by atoms with Crippen LogP contribution < -0.4 is 25.2 Å². The number of amides is 1. The van der Waals surface area contributed by atoms with E-state index in [2.05, 4.69) is 20.3 Å². The number of hydrogen-bond acceptors (Lipinski definition) is 8. The van der Waals surface area contributed by atoms with Crippen LogP contribution in [-0.2, 0) is 14.8 Å². The van der Waals surface area contributed by atoms with Gasteiger partial charge in [0.2, 0.25) is 21.9 Å². The molecule has 204 valence electrons. The average Bonchev–Trinajstić information content (AvgIpc) is 3.54. The molecule has 0 unspecified atom stereocenters. The van der Waals surface area contributed by atoms with Crippen LogP contribution in [0.5, 0.6) is 0 Å². The average molecular weight is 556 g/mol. The summed E-state index contributed by atoms with van der Waals surface area (Å²) in [7, 11) is -3.37. The van der Waals surface area contributed by atoms with Crippen LogP contribution in [0.3, 0.4) is 0 Å². The molecule has 0 aliphatic carbocycles. The third-order valence-corrected chi connectivity index (χ3v) is 7.88. The first-order valence-electron chi connectivity index (χ1n) is 12.6. The zero-order valence-electron chi connectivity index (χ0n) is 21.1. The van der Waals surface area contributed by atoms with Gasteiger partial charge in [0.25, 0.3) is 0 Å². The summed E-state index contributed by atoms with van der Waals surface area (Å²) in [5, 5.41) is 6.31. The molecule has 3 atom stereocenters. The van der Waals surface area contributed by atoms with E-state index in [0.717, 1.165) is 30.5 Å². The lowest BCUT2D eigenvalue weighted by Crippen LogP contribution is -2.44. The molecule has 6 rings (SSSR count). The molecular formula is C26H27F2N7O3S. The van der Waals surface area contributed by atoms with Gasteiger partial charge < -0.3 is 20.4 Å². The maximum atomic E-state index is 14.6. The first-order chi connectivity index (χ1) is 18.6. The predicted octanol–water partition coefficient (Wildman–Crippen LogP) is 3.48. The summed E-state index contributed by atoms with van der Waals surface area (Å²) in [5.41, 5.74) is 2.04. The number of nitrogens with zero attached hydrogens (tertiary/aromatic N) is 4. The molecule has 10 nitrogen and oxygen atoms in total. The number of anilines is 5. The van der Waals surface area contributed by atoms with Crippen LogP contribution in [0.4, 0.5) is 37.6 Å². The Labute approximate surface area is 224 Å². The molecule has 39 heavy (non-hydrogen) atoms. The van der Waals surface area contributed by atoms with Gasteiger partial charge in [-0.3, -0.25) is 9.52 Å². The largest absolute Gasteiger partial charge is 0.380 e. The molecule has 3 aliphatic heterocycles. The van der Waals surface area contributed by atoms with Crippen LogP contribution in [0.1, 0.15) is 30.9 Å². The van der Waals surface area contributed by atoms with Gasteiger partial charge in [-0.15, -0.1) is 0 Å². The standard InChI is InChI=1S/C26H27F2N7O3S/c1-39(37,38)33-17-7-5-16(6-8-17)30-18-12-23-25(36)31-21-13-29-26(32-24(21)35(23)14-18)34-10-2-3-22(34)19-11-15(27)4-9-20(19)28/h4-9,11,13,18,22-23,30,33H,2-3,10,12,14H2,1H3,(H,31,36)/t18-,22+,23-/m0/s1. The van der Waals surface area contributed by atoms with E-state index in [1.165, 1.54) is 6.07 Å². The number of sulfonamides is 1.